The Balaban J connectivity index is 3.00. The van der Waals surface area contributed by atoms with Gasteiger partial charge in [0.05, 0.1) is 5.55 Å². The summed E-state index contributed by atoms with van der Waals surface area (Å²) in [5, 5.41) is 1.79. The molecule has 0 spiro atoms. The monoisotopic (exact) mass is 133 g/mol. The van der Waals surface area contributed by atoms with Crippen molar-refractivity contribution in [2.24, 2.45) is 4.99 Å². The van der Waals surface area contributed by atoms with Crippen LogP contribution in [0, 0.1) is 0 Å². The minimum Gasteiger partial charge on any atom is -0.257 e. The highest BCUT2D eigenvalue weighted by Crippen LogP contribution is 1.90. The molecule has 0 amide bonds. The van der Waals surface area contributed by atoms with Gasteiger partial charge >= 0.3 is 0 Å². The summed E-state index contributed by atoms with van der Waals surface area (Å²) in [6, 6.07) is 0. The van der Waals surface area contributed by atoms with Gasteiger partial charge < -0.3 is 0 Å². The Morgan fingerprint density at radius 1 is 1.71 bits per heavy atom. The zero-order valence-corrected chi connectivity index (χ0v) is 5.04. The zero-order valence-electron chi connectivity index (χ0n) is 3.40. The second-order valence-electron chi connectivity index (χ2n) is 0.936. The van der Waals surface area contributed by atoms with Crippen molar-refractivity contribution in [2.45, 2.75) is 0 Å². The fourth-order valence-electron chi connectivity index (χ4n) is 0.266. The normalized spacial score (nSPS) is 26.0. The van der Waals surface area contributed by atoms with Gasteiger partial charge in [-0.05, 0) is 9.45 Å². The molecular weight excluding hydrogens is 130 g/mol. The van der Waals surface area contributed by atoms with Crippen LogP contribution in [0.25, 0.3) is 0 Å². The van der Waals surface area contributed by atoms with Crippen molar-refractivity contribution in [3.8, 4) is 0 Å². The largest absolute Gasteiger partial charge is 0.257 e. The van der Waals surface area contributed by atoms with Crippen LogP contribution in [0.4, 0.5) is 0 Å². The molecule has 1 aliphatic heterocycles. The maximum absolute atomic E-state index is 9.92. The van der Waals surface area contributed by atoms with E-state index in [1.54, 1.807) is 17.2 Å². The summed E-state index contributed by atoms with van der Waals surface area (Å²) in [4.78, 5) is 3.72. The van der Waals surface area contributed by atoms with Crippen LogP contribution in [0.5, 0.6) is 0 Å². The molecule has 1 rings (SSSR count). The molecule has 1 unspecified atom stereocenters. The molecule has 1 aliphatic rings. The van der Waals surface area contributed by atoms with E-state index in [0.717, 1.165) is 0 Å². The van der Waals surface area contributed by atoms with Gasteiger partial charge in [0.1, 0.15) is 10.2 Å². The van der Waals surface area contributed by atoms with Gasteiger partial charge in [-0.15, -0.1) is 0 Å². The average molecular weight is 133 g/mol. The maximum Gasteiger partial charge on any atom is 0.130 e. The van der Waals surface area contributed by atoms with Crippen molar-refractivity contribution >= 4 is 25.2 Å². The van der Waals surface area contributed by atoms with Crippen molar-refractivity contribution in [1.29, 1.82) is 0 Å². The quantitative estimate of drug-likeness (QED) is 0.465. The Hall–Kier alpha value is -0.220. The molecule has 0 saturated carbocycles. The summed E-state index contributed by atoms with van der Waals surface area (Å²) in [6.45, 7) is 0. The molecule has 0 aromatic carbocycles. The van der Waals surface area contributed by atoms with E-state index in [1.807, 2.05) is 0 Å². The van der Waals surface area contributed by atoms with E-state index in [2.05, 4.69) is 4.99 Å². The Morgan fingerprint density at radius 2 is 2.57 bits per heavy atom. The van der Waals surface area contributed by atoms with E-state index in [-0.39, 0.29) is 9.45 Å². The molecule has 38 valence electrons. The maximum atomic E-state index is 9.92. The summed E-state index contributed by atoms with van der Waals surface area (Å²) in [7, 11) is 0.329. The standard InChI is InChI=1S/C3H3NOS2/c5-6-7-2-1-4-3-7/h1-3H. The van der Waals surface area contributed by atoms with E-state index in [0.29, 0.717) is 10.2 Å². The summed E-state index contributed by atoms with van der Waals surface area (Å²) < 4.78 is 9.92. The molecule has 7 heavy (non-hydrogen) atoms. The Kier molecular flexibility index (Phi) is 1.54. The average Bonchev–Trinajstić information content (AvgIpc) is 2.14. The van der Waals surface area contributed by atoms with Crippen LogP contribution in [-0.4, -0.2) is 9.76 Å². The van der Waals surface area contributed by atoms with E-state index in [4.69, 9.17) is 0 Å². The second kappa shape index (κ2) is 2.18. The molecule has 0 aromatic heterocycles. The first-order valence-electron chi connectivity index (χ1n) is 1.65. The molecule has 2 nitrogen and oxygen atoms in total. The lowest BCUT2D eigenvalue weighted by Gasteiger charge is -1.68. The summed E-state index contributed by atoms with van der Waals surface area (Å²) in [5.74, 6) is 0. The molecule has 0 bridgehead atoms. The van der Waals surface area contributed by atoms with Gasteiger partial charge in [-0.1, -0.05) is 0 Å². The van der Waals surface area contributed by atoms with Crippen LogP contribution in [0.1, 0.15) is 0 Å². The van der Waals surface area contributed by atoms with Crippen molar-refractivity contribution in [3.05, 3.63) is 11.6 Å². The molecule has 0 fully saturated rings. The molecule has 0 radical (unpaired) electrons. The predicted molar refractivity (Wildman–Crippen MR) is 33.1 cm³/mol. The van der Waals surface area contributed by atoms with E-state index < -0.39 is 0 Å². The first-order valence-corrected chi connectivity index (χ1v) is 4.26. The topological polar surface area (TPSA) is 29.4 Å². The number of nitrogens with zero attached hydrogens (tertiary/aromatic N) is 1. The van der Waals surface area contributed by atoms with Crippen LogP contribution in [-0.2, 0) is 19.7 Å². The second-order valence-corrected chi connectivity index (χ2v) is 3.78. The Bertz CT molecular complexity index is 163. The number of rotatable bonds is 0. The fourth-order valence-corrected chi connectivity index (χ4v) is 1.34. The Labute approximate surface area is 46.6 Å². The molecule has 0 N–H and O–H groups in total. The smallest absolute Gasteiger partial charge is 0.130 e. The highest BCUT2D eigenvalue weighted by molar-refractivity contribution is 8.40. The van der Waals surface area contributed by atoms with Gasteiger partial charge in [0.15, 0.2) is 0 Å². The first kappa shape index (κ1) is 4.93. The van der Waals surface area contributed by atoms with E-state index >= 15 is 0 Å². The third kappa shape index (κ3) is 1.07. The molecule has 4 heteroatoms. The summed E-state index contributed by atoms with van der Waals surface area (Å²) in [6.07, 6.45) is 1.65. The number of aliphatic imine (C=N–C) groups is 1. The number of hydrogen-bond donors (Lipinski definition) is 0. The van der Waals surface area contributed by atoms with Gasteiger partial charge in [-0.25, -0.2) is 4.21 Å². The van der Waals surface area contributed by atoms with Gasteiger partial charge in [0, 0.05) is 11.6 Å². The zero-order chi connectivity index (χ0) is 5.11. The van der Waals surface area contributed by atoms with Gasteiger partial charge in [0.25, 0.3) is 0 Å². The third-order valence-electron chi connectivity index (χ3n) is 0.524. The summed E-state index contributed by atoms with van der Waals surface area (Å²) in [5.41, 5.74) is 1.65. The molecular formula is C3H3NOS2. The van der Waals surface area contributed by atoms with Crippen molar-refractivity contribution in [3.63, 3.8) is 0 Å². The van der Waals surface area contributed by atoms with E-state index in [9.17, 15) is 4.21 Å². The summed E-state index contributed by atoms with van der Waals surface area (Å²) >= 11 is 0. The van der Waals surface area contributed by atoms with Crippen LogP contribution >= 0.6 is 0 Å². The van der Waals surface area contributed by atoms with Crippen molar-refractivity contribution in [1.82, 2.24) is 0 Å². The minimum atomic E-state index is -0.245. The lowest BCUT2D eigenvalue weighted by atomic mass is 11.1. The fraction of sp³-hybridized carbons (Fsp3) is 0. The SMILES string of the molecule is O=S=S1C=CN=C1. The van der Waals surface area contributed by atoms with Crippen LogP contribution in [0.15, 0.2) is 16.6 Å². The first-order chi connectivity index (χ1) is 3.43. The van der Waals surface area contributed by atoms with Crippen LogP contribution in [0.3, 0.4) is 0 Å². The van der Waals surface area contributed by atoms with Crippen LogP contribution in [0.2, 0.25) is 0 Å². The van der Waals surface area contributed by atoms with Gasteiger partial charge in [-0.2, -0.15) is 0 Å². The molecule has 1 heterocycles. The molecule has 0 saturated heterocycles. The van der Waals surface area contributed by atoms with Gasteiger partial charge in [-0.3, -0.25) is 4.99 Å². The third-order valence-corrected chi connectivity index (χ3v) is 2.46. The highest BCUT2D eigenvalue weighted by Gasteiger charge is 1.86. The van der Waals surface area contributed by atoms with Crippen LogP contribution < -0.4 is 0 Å². The van der Waals surface area contributed by atoms with Crippen molar-refractivity contribution < 1.29 is 4.21 Å². The predicted octanol–water partition coefficient (Wildman–Crippen LogP) is 0.246. The Morgan fingerprint density at radius 3 is 2.86 bits per heavy atom. The lowest BCUT2D eigenvalue weighted by Crippen LogP contribution is -1.73. The van der Waals surface area contributed by atoms with E-state index in [1.165, 1.54) is 0 Å². The minimum absolute atomic E-state index is 0.245. The molecule has 0 aromatic rings. The highest BCUT2D eigenvalue weighted by atomic mass is 32.8. The van der Waals surface area contributed by atoms with Gasteiger partial charge in [0.2, 0.25) is 0 Å². The number of hydrogen-bond acceptors (Lipinski definition) is 2. The lowest BCUT2D eigenvalue weighted by molar-refractivity contribution is 0.701. The van der Waals surface area contributed by atoms with Crippen molar-refractivity contribution in [2.75, 3.05) is 0 Å². The molecule has 0 aliphatic carbocycles. The molecule has 1 atom stereocenters.